The van der Waals surface area contributed by atoms with Crippen LogP contribution in [0, 0.1) is 12.8 Å². The number of aliphatic hydroxyl groups is 1. The Morgan fingerprint density at radius 3 is 2.85 bits per heavy atom. The topological polar surface area (TPSA) is 41.5 Å². The van der Waals surface area contributed by atoms with Gasteiger partial charge in [0, 0.05) is 6.04 Å². The van der Waals surface area contributed by atoms with E-state index in [9.17, 15) is 5.11 Å². The Kier molecular flexibility index (Phi) is 5.44. The van der Waals surface area contributed by atoms with Gasteiger partial charge < -0.3 is 15.2 Å². The van der Waals surface area contributed by atoms with Crippen LogP contribution in [0.2, 0.25) is 0 Å². The molecule has 3 heteroatoms. The minimum Gasteiger partial charge on any atom is -0.488 e. The van der Waals surface area contributed by atoms with Gasteiger partial charge in [0.2, 0.25) is 0 Å². The van der Waals surface area contributed by atoms with Gasteiger partial charge in [0.15, 0.2) is 0 Å². The second-order valence-corrected chi connectivity index (χ2v) is 6.30. The second-order valence-electron chi connectivity index (χ2n) is 6.30. The molecule has 1 fully saturated rings. The fourth-order valence-corrected chi connectivity index (χ4v) is 2.74. The first-order valence-electron chi connectivity index (χ1n) is 7.71. The predicted molar refractivity (Wildman–Crippen MR) is 82.1 cm³/mol. The second kappa shape index (κ2) is 7.09. The van der Waals surface area contributed by atoms with Gasteiger partial charge in [-0.25, -0.2) is 0 Å². The predicted octanol–water partition coefficient (Wildman–Crippen LogP) is 2.90. The Morgan fingerprint density at radius 1 is 1.35 bits per heavy atom. The molecule has 1 aliphatic rings. The maximum Gasteiger partial charge on any atom is 0.126 e. The highest BCUT2D eigenvalue weighted by molar-refractivity contribution is 5.27. The minimum absolute atomic E-state index is 0.102. The van der Waals surface area contributed by atoms with Crippen molar-refractivity contribution >= 4 is 0 Å². The van der Waals surface area contributed by atoms with Crippen molar-refractivity contribution in [2.45, 2.75) is 58.3 Å². The average Bonchev–Trinajstić information content (AvgIpc) is 2.40. The molecular weight excluding hydrogens is 250 g/mol. The summed E-state index contributed by atoms with van der Waals surface area (Å²) in [5, 5.41) is 14.0. The molecule has 0 bridgehead atoms. The molecule has 0 radical (unpaired) electrons. The van der Waals surface area contributed by atoms with Crippen LogP contribution in [0.5, 0.6) is 5.75 Å². The van der Waals surface area contributed by atoms with Gasteiger partial charge in [-0.05, 0) is 56.3 Å². The fourth-order valence-electron chi connectivity index (χ4n) is 2.74. The third kappa shape index (κ3) is 4.22. The number of nitrogens with one attached hydrogen (secondary N) is 1. The van der Waals surface area contributed by atoms with Crippen LogP contribution < -0.4 is 10.1 Å². The summed E-state index contributed by atoms with van der Waals surface area (Å²) in [6.45, 7) is 7.36. The van der Waals surface area contributed by atoms with E-state index in [1.54, 1.807) is 0 Å². The third-order valence-corrected chi connectivity index (χ3v) is 3.86. The van der Waals surface area contributed by atoms with E-state index < -0.39 is 6.10 Å². The summed E-state index contributed by atoms with van der Waals surface area (Å²) in [6.07, 6.45) is 2.53. The van der Waals surface area contributed by atoms with E-state index in [2.05, 4.69) is 32.2 Å². The highest BCUT2D eigenvalue weighted by Gasteiger charge is 2.33. The van der Waals surface area contributed by atoms with E-state index in [4.69, 9.17) is 4.74 Å². The maximum atomic E-state index is 10.5. The number of aryl methyl sites for hydroxylation is 1. The molecule has 0 saturated heterocycles. The summed E-state index contributed by atoms with van der Waals surface area (Å²) in [5.41, 5.74) is 1.18. The van der Waals surface area contributed by atoms with Gasteiger partial charge in [-0.2, -0.15) is 0 Å². The van der Waals surface area contributed by atoms with Gasteiger partial charge in [-0.15, -0.1) is 0 Å². The Bertz CT molecular complexity index is 419. The zero-order valence-electron chi connectivity index (χ0n) is 12.8. The van der Waals surface area contributed by atoms with Crippen LogP contribution in [0.25, 0.3) is 0 Å². The monoisotopic (exact) mass is 277 g/mol. The zero-order chi connectivity index (χ0) is 14.5. The molecule has 1 aliphatic carbocycles. The quantitative estimate of drug-likeness (QED) is 0.869. The summed E-state index contributed by atoms with van der Waals surface area (Å²) in [6, 6.07) is 8.19. The lowest BCUT2D eigenvalue weighted by Crippen LogP contribution is -2.51. The van der Waals surface area contributed by atoms with Crippen LogP contribution >= 0.6 is 0 Å². The summed E-state index contributed by atoms with van der Waals surface area (Å²) in [7, 11) is 0. The minimum atomic E-state index is -0.428. The van der Waals surface area contributed by atoms with Crippen LogP contribution in [0.4, 0.5) is 0 Å². The molecule has 0 unspecified atom stereocenters. The Morgan fingerprint density at radius 2 is 2.15 bits per heavy atom. The standard InChI is InChI=1S/C17H27NO2/c1-12(2)11-18-15-8-5-9-16(17(15)19)20-14-7-4-6-13(3)10-14/h4,6-7,10,12,15-19H,5,8-9,11H2,1-3H3/t15-,16+,17+/m0/s1. The summed E-state index contributed by atoms with van der Waals surface area (Å²) < 4.78 is 6.00. The smallest absolute Gasteiger partial charge is 0.126 e. The van der Waals surface area contributed by atoms with Crippen LogP contribution in [-0.4, -0.2) is 29.9 Å². The molecule has 2 rings (SSSR count). The van der Waals surface area contributed by atoms with Crippen molar-refractivity contribution < 1.29 is 9.84 Å². The normalized spacial score (nSPS) is 26.8. The van der Waals surface area contributed by atoms with E-state index in [-0.39, 0.29) is 12.1 Å². The average molecular weight is 277 g/mol. The molecule has 0 amide bonds. The lowest BCUT2D eigenvalue weighted by molar-refractivity contribution is -0.0158. The van der Waals surface area contributed by atoms with Crippen LogP contribution in [0.1, 0.15) is 38.7 Å². The van der Waals surface area contributed by atoms with Crippen LogP contribution in [-0.2, 0) is 0 Å². The Labute approximate surface area is 122 Å². The van der Waals surface area contributed by atoms with Crippen LogP contribution in [0.15, 0.2) is 24.3 Å². The Hall–Kier alpha value is -1.06. The van der Waals surface area contributed by atoms with E-state index >= 15 is 0 Å². The highest BCUT2D eigenvalue weighted by Crippen LogP contribution is 2.25. The van der Waals surface area contributed by atoms with Crippen LogP contribution in [0.3, 0.4) is 0 Å². The molecule has 0 spiro atoms. The van der Waals surface area contributed by atoms with E-state index in [0.717, 1.165) is 31.6 Å². The van der Waals surface area contributed by atoms with E-state index in [1.807, 2.05) is 18.2 Å². The van der Waals surface area contributed by atoms with Crippen molar-refractivity contribution in [3.05, 3.63) is 29.8 Å². The lowest BCUT2D eigenvalue weighted by atomic mass is 9.89. The molecule has 0 aliphatic heterocycles. The van der Waals surface area contributed by atoms with E-state index in [0.29, 0.717) is 5.92 Å². The SMILES string of the molecule is Cc1cccc(O[C@@H]2CCC[C@H](NCC(C)C)[C@H]2O)c1. The Balaban J connectivity index is 1.94. The van der Waals surface area contributed by atoms with Gasteiger partial charge in [0.25, 0.3) is 0 Å². The van der Waals surface area contributed by atoms with Crippen molar-refractivity contribution in [1.82, 2.24) is 5.32 Å². The van der Waals surface area contributed by atoms with Gasteiger partial charge in [-0.1, -0.05) is 26.0 Å². The first-order chi connectivity index (χ1) is 9.56. The molecule has 3 atom stereocenters. The van der Waals surface area contributed by atoms with Crippen molar-refractivity contribution in [1.29, 1.82) is 0 Å². The van der Waals surface area contributed by atoms with Crippen molar-refractivity contribution in [3.8, 4) is 5.75 Å². The first kappa shape index (κ1) is 15.3. The summed E-state index contributed by atoms with van der Waals surface area (Å²) in [4.78, 5) is 0. The zero-order valence-corrected chi connectivity index (χ0v) is 12.8. The van der Waals surface area contributed by atoms with Gasteiger partial charge in [0.1, 0.15) is 18.0 Å². The molecule has 0 heterocycles. The van der Waals surface area contributed by atoms with Crippen molar-refractivity contribution in [2.24, 2.45) is 5.92 Å². The third-order valence-electron chi connectivity index (χ3n) is 3.86. The number of hydrogen-bond acceptors (Lipinski definition) is 3. The summed E-state index contributed by atoms with van der Waals surface area (Å²) in [5.74, 6) is 1.46. The molecular formula is C17H27NO2. The molecule has 1 aromatic carbocycles. The molecule has 3 nitrogen and oxygen atoms in total. The number of hydrogen-bond donors (Lipinski definition) is 2. The number of aliphatic hydroxyl groups excluding tert-OH is 1. The number of ether oxygens (including phenoxy) is 1. The fraction of sp³-hybridized carbons (Fsp3) is 0.647. The maximum absolute atomic E-state index is 10.5. The van der Waals surface area contributed by atoms with Crippen molar-refractivity contribution in [3.63, 3.8) is 0 Å². The molecule has 1 saturated carbocycles. The molecule has 20 heavy (non-hydrogen) atoms. The van der Waals surface area contributed by atoms with E-state index in [1.165, 1.54) is 5.56 Å². The molecule has 112 valence electrons. The molecule has 1 aromatic rings. The summed E-state index contributed by atoms with van der Waals surface area (Å²) >= 11 is 0. The van der Waals surface area contributed by atoms with Gasteiger partial charge >= 0.3 is 0 Å². The van der Waals surface area contributed by atoms with Gasteiger partial charge in [-0.3, -0.25) is 0 Å². The highest BCUT2D eigenvalue weighted by atomic mass is 16.5. The van der Waals surface area contributed by atoms with Gasteiger partial charge in [0.05, 0.1) is 0 Å². The molecule has 2 N–H and O–H groups in total. The first-order valence-corrected chi connectivity index (χ1v) is 7.71. The number of benzene rings is 1. The lowest BCUT2D eigenvalue weighted by Gasteiger charge is -2.35. The molecule has 0 aromatic heterocycles. The van der Waals surface area contributed by atoms with Crippen molar-refractivity contribution in [2.75, 3.05) is 6.54 Å². The largest absolute Gasteiger partial charge is 0.488 e. The number of rotatable bonds is 5.